The molecule has 6 nitrogen and oxygen atoms in total. The number of methoxy groups -OCH3 is 1. The van der Waals surface area contributed by atoms with E-state index in [0.29, 0.717) is 19.4 Å². The van der Waals surface area contributed by atoms with Crippen molar-refractivity contribution in [2.45, 2.75) is 36.9 Å². The zero-order valence-corrected chi connectivity index (χ0v) is 15.6. The van der Waals surface area contributed by atoms with Gasteiger partial charge in [0, 0.05) is 36.3 Å². The molecule has 4 unspecified atom stereocenters. The molecule has 0 amide bonds. The van der Waals surface area contributed by atoms with Gasteiger partial charge < -0.3 is 20.0 Å². The van der Waals surface area contributed by atoms with Crippen LogP contribution in [0.2, 0.25) is 0 Å². The topological polar surface area (TPSA) is 78.9 Å². The highest BCUT2D eigenvalue weighted by molar-refractivity contribution is 5.99. The molecule has 3 heterocycles. The lowest BCUT2D eigenvalue weighted by Gasteiger charge is -2.55. The SMILES string of the molecule is C/C=C1/CN2CCC3(O)c4ccccc4NC34C2CC1[C@]4(C=O)C(=O)OC. The maximum absolute atomic E-state index is 13.3. The number of para-hydroxylation sites is 1. The fraction of sp³-hybridized carbons (Fsp3) is 0.524. The van der Waals surface area contributed by atoms with Crippen LogP contribution in [0.4, 0.5) is 5.69 Å². The van der Waals surface area contributed by atoms with E-state index in [2.05, 4.69) is 10.2 Å². The molecule has 4 aliphatic rings. The number of allylic oxidation sites excluding steroid dienone is 1. The van der Waals surface area contributed by atoms with Crippen LogP contribution in [-0.4, -0.2) is 54.0 Å². The van der Waals surface area contributed by atoms with Crippen LogP contribution in [0, 0.1) is 11.3 Å². The van der Waals surface area contributed by atoms with Crippen LogP contribution >= 0.6 is 0 Å². The van der Waals surface area contributed by atoms with Crippen molar-refractivity contribution in [2.75, 3.05) is 25.5 Å². The van der Waals surface area contributed by atoms with Crippen LogP contribution in [0.5, 0.6) is 0 Å². The van der Waals surface area contributed by atoms with Gasteiger partial charge in [0.25, 0.3) is 0 Å². The second-order valence-corrected chi connectivity index (χ2v) is 8.21. The molecule has 2 saturated heterocycles. The van der Waals surface area contributed by atoms with Crippen LogP contribution < -0.4 is 5.32 Å². The van der Waals surface area contributed by atoms with Crippen molar-refractivity contribution in [1.82, 2.24) is 4.90 Å². The fourth-order valence-electron chi connectivity index (χ4n) is 6.60. The summed E-state index contributed by atoms with van der Waals surface area (Å²) in [5.41, 5.74) is -1.27. The molecule has 1 aromatic carbocycles. The van der Waals surface area contributed by atoms with Gasteiger partial charge in [-0.1, -0.05) is 29.8 Å². The maximum atomic E-state index is 13.3. The first kappa shape index (κ1) is 17.0. The Kier molecular flexibility index (Phi) is 3.27. The summed E-state index contributed by atoms with van der Waals surface area (Å²) in [4.78, 5) is 28.3. The van der Waals surface area contributed by atoms with Crippen molar-refractivity contribution in [3.05, 3.63) is 41.5 Å². The number of aldehydes is 1. The number of anilines is 1. The number of fused-ring (bicyclic) bond motifs is 3. The largest absolute Gasteiger partial charge is 0.468 e. The molecule has 6 heteroatoms. The van der Waals surface area contributed by atoms with E-state index >= 15 is 0 Å². The summed E-state index contributed by atoms with van der Waals surface area (Å²) < 4.78 is 5.20. The molecule has 2 N–H and O–H groups in total. The number of hydrogen-bond donors (Lipinski definition) is 2. The zero-order chi connectivity index (χ0) is 19.0. The number of ether oxygens (including phenoxy) is 1. The number of aliphatic hydroxyl groups is 1. The predicted octanol–water partition coefficient (Wildman–Crippen LogP) is 1.45. The lowest BCUT2D eigenvalue weighted by Crippen LogP contribution is -2.74. The van der Waals surface area contributed by atoms with Crippen LogP contribution in [0.1, 0.15) is 25.3 Å². The summed E-state index contributed by atoms with van der Waals surface area (Å²) >= 11 is 0. The number of rotatable bonds is 2. The summed E-state index contributed by atoms with van der Waals surface area (Å²) in [7, 11) is 1.32. The van der Waals surface area contributed by atoms with Gasteiger partial charge in [0.15, 0.2) is 5.41 Å². The summed E-state index contributed by atoms with van der Waals surface area (Å²) in [6, 6.07) is 7.49. The molecule has 3 aliphatic heterocycles. The van der Waals surface area contributed by atoms with Gasteiger partial charge in [-0.2, -0.15) is 0 Å². The van der Waals surface area contributed by atoms with E-state index in [0.717, 1.165) is 29.7 Å². The quantitative estimate of drug-likeness (QED) is 0.356. The molecule has 3 fully saturated rings. The van der Waals surface area contributed by atoms with Gasteiger partial charge in [0.05, 0.1) is 7.11 Å². The van der Waals surface area contributed by atoms with E-state index in [-0.39, 0.29) is 12.0 Å². The summed E-state index contributed by atoms with van der Waals surface area (Å²) in [5.74, 6) is -0.841. The number of nitrogens with one attached hydrogen (secondary N) is 1. The van der Waals surface area contributed by atoms with Gasteiger partial charge in [-0.15, -0.1) is 0 Å². The first-order chi connectivity index (χ1) is 13.0. The third kappa shape index (κ3) is 1.58. The Bertz CT molecular complexity index is 883. The molecule has 27 heavy (non-hydrogen) atoms. The molecular formula is C21H24N2O4. The summed E-state index contributed by atoms with van der Waals surface area (Å²) in [6.07, 6.45) is 3.88. The highest BCUT2D eigenvalue weighted by atomic mass is 16.5. The van der Waals surface area contributed by atoms with Crippen molar-refractivity contribution < 1.29 is 19.4 Å². The molecule has 0 aromatic heterocycles. The molecule has 5 atom stereocenters. The van der Waals surface area contributed by atoms with Crippen molar-refractivity contribution >= 4 is 17.9 Å². The number of carbonyl (C=O) groups excluding carboxylic acids is 2. The molecule has 1 aromatic rings. The number of nitrogens with zero attached hydrogens (tertiary/aromatic N) is 1. The Morgan fingerprint density at radius 2 is 2.19 bits per heavy atom. The maximum Gasteiger partial charge on any atom is 0.322 e. The summed E-state index contributed by atoms with van der Waals surface area (Å²) in [6.45, 7) is 3.39. The Balaban J connectivity index is 1.86. The van der Waals surface area contributed by atoms with Gasteiger partial charge >= 0.3 is 5.97 Å². The third-order valence-electron chi connectivity index (χ3n) is 7.63. The highest BCUT2D eigenvalue weighted by Gasteiger charge is 2.82. The van der Waals surface area contributed by atoms with Crippen LogP contribution in [0.25, 0.3) is 0 Å². The number of piperidine rings is 2. The van der Waals surface area contributed by atoms with Gasteiger partial charge in [0.2, 0.25) is 0 Å². The smallest absolute Gasteiger partial charge is 0.322 e. The van der Waals surface area contributed by atoms with Gasteiger partial charge in [-0.25, -0.2) is 0 Å². The second-order valence-electron chi connectivity index (χ2n) is 8.21. The third-order valence-corrected chi connectivity index (χ3v) is 7.63. The lowest BCUT2D eigenvalue weighted by atomic mass is 9.57. The molecule has 2 bridgehead atoms. The first-order valence-corrected chi connectivity index (χ1v) is 9.54. The van der Waals surface area contributed by atoms with E-state index in [4.69, 9.17) is 4.74 Å². The Labute approximate surface area is 158 Å². The monoisotopic (exact) mass is 368 g/mol. The molecule has 5 rings (SSSR count). The Morgan fingerprint density at radius 1 is 1.41 bits per heavy atom. The van der Waals surface area contributed by atoms with Crippen LogP contribution in [-0.2, 0) is 19.9 Å². The molecule has 142 valence electrons. The average molecular weight is 368 g/mol. The van der Waals surface area contributed by atoms with E-state index in [1.165, 1.54) is 7.11 Å². The van der Waals surface area contributed by atoms with Crippen molar-refractivity contribution in [2.24, 2.45) is 11.3 Å². The summed E-state index contributed by atoms with van der Waals surface area (Å²) in [5, 5.41) is 15.6. The van der Waals surface area contributed by atoms with E-state index in [1.807, 2.05) is 37.3 Å². The van der Waals surface area contributed by atoms with Crippen molar-refractivity contribution in [3.63, 3.8) is 0 Å². The van der Waals surface area contributed by atoms with Crippen LogP contribution in [0.15, 0.2) is 35.9 Å². The Morgan fingerprint density at radius 3 is 2.89 bits per heavy atom. The molecule has 1 saturated carbocycles. The first-order valence-electron chi connectivity index (χ1n) is 9.54. The fourth-order valence-corrected chi connectivity index (χ4v) is 6.60. The van der Waals surface area contributed by atoms with Gasteiger partial charge in [0.1, 0.15) is 17.4 Å². The van der Waals surface area contributed by atoms with Crippen LogP contribution in [0.3, 0.4) is 0 Å². The minimum absolute atomic E-state index is 0.123. The van der Waals surface area contributed by atoms with E-state index < -0.39 is 22.5 Å². The average Bonchev–Trinajstić information content (AvgIpc) is 3.13. The predicted molar refractivity (Wildman–Crippen MR) is 99.0 cm³/mol. The molecule has 1 aliphatic carbocycles. The number of carbonyl (C=O) groups is 2. The lowest BCUT2D eigenvalue weighted by molar-refractivity contribution is -0.175. The second kappa shape index (κ2) is 5.20. The number of benzene rings is 1. The molecular weight excluding hydrogens is 344 g/mol. The number of esters is 1. The van der Waals surface area contributed by atoms with E-state index in [9.17, 15) is 14.7 Å². The minimum atomic E-state index is -1.48. The normalized spacial score (nSPS) is 43.0. The van der Waals surface area contributed by atoms with Gasteiger partial charge in [-0.05, 0) is 25.8 Å². The molecule has 1 spiro atoms. The Hall–Kier alpha value is -2.18. The van der Waals surface area contributed by atoms with Crippen molar-refractivity contribution in [1.29, 1.82) is 0 Å². The zero-order valence-electron chi connectivity index (χ0n) is 15.6. The van der Waals surface area contributed by atoms with E-state index in [1.54, 1.807) is 0 Å². The standard InChI is InChI=1S/C21H24N2O4/c1-3-13-11-23-9-8-20(26)14-6-4-5-7-16(14)22-21(20)17(23)10-15(13)19(21,12-24)18(25)27-2/h3-7,12,15,17,22,26H,8-11H2,1-2H3/b13-3-/t15?,17?,19-,20?,21?/m1/s1. The number of hydrogen-bond acceptors (Lipinski definition) is 6. The van der Waals surface area contributed by atoms with Crippen molar-refractivity contribution in [3.8, 4) is 0 Å². The van der Waals surface area contributed by atoms with Gasteiger partial charge in [-0.3, -0.25) is 9.69 Å². The highest BCUT2D eigenvalue weighted by Crippen LogP contribution is 2.69. The minimum Gasteiger partial charge on any atom is -0.468 e. The molecule has 0 radical (unpaired) electrons.